The average Bonchev–Trinajstić information content (AvgIpc) is 3.15. The second-order valence-corrected chi connectivity index (χ2v) is 6.71. The Bertz CT molecular complexity index is 731. The molecule has 6 nitrogen and oxygen atoms in total. The van der Waals surface area contributed by atoms with E-state index in [1.807, 2.05) is 0 Å². The van der Waals surface area contributed by atoms with Crippen molar-refractivity contribution < 1.29 is 19.5 Å². The molecule has 132 valence electrons. The molecule has 0 saturated heterocycles. The van der Waals surface area contributed by atoms with E-state index in [-0.39, 0.29) is 31.3 Å². The van der Waals surface area contributed by atoms with Gasteiger partial charge in [0.05, 0.1) is 4.88 Å². The van der Waals surface area contributed by atoms with Crippen LogP contribution in [-0.2, 0) is 15.0 Å². The Morgan fingerprint density at radius 1 is 1.08 bits per heavy atom. The first-order chi connectivity index (χ1) is 11.9. The van der Waals surface area contributed by atoms with Gasteiger partial charge in [0.25, 0.3) is 5.91 Å². The first-order valence-electron chi connectivity index (χ1n) is 7.81. The number of nitrogens with one attached hydrogen (secondary N) is 2. The predicted octanol–water partition coefficient (Wildman–Crippen LogP) is 2.03. The summed E-state index contributed by atoms with van der Waals surface area (Å²) in [5, 5.41) is 16.7. The van der Waals surface area contributed by atoms with Gasteiger partial charge < -0.3 is 15.7 Å². The summed E-state index contributed by atoms with van der Waals surface area (Å²) in [5.41, 5.74) is -0.592. The van der Waals surface area contributed by atoms with Crippen LogP contribution < -0.4 is 10.6 Å². The van der Waals surface area contributed by atoms with Crippen LogP contribution in [0.2, 0.25) is 0 Å². The summed E-state index contributed by atoms with van der Waals surface area (Å²) in [6.07, 6.45) is 0.0849. The predicted molar refractivity (Wildman–Crippen MR) is 95.7 cm³/mol. The number of hydrogen-bond acceptors (Lipinski definition) is 4. The molecule has 1 atom stereocenters. The van der Waals surface area contributed by atoms with E-state index < -0.39 is 11.4 Å². The van der Waals surface area contributed by atoms with Gasteiger partial charge in [0.1, 0.15) is 5.41 Å². The number of benzene rings is 1. The molecule has 25 heavy (non-hydrogen) atoms. The zero-order valence-corrected chi connectivity index (χ0v) is 14.6. The molecule has 0 aliphatic carbocycles. The Labute approximate surface area is 149 Å². The minimum atomic E-state index is -1.21. The van der Waals surface area contributed by atoms with Crippen molar-refractivity contribution >= 4 is 29.1 Å². The van der Waals surface area contributed by atoms with E-state index >= 15 is 0 Å². The minimum Gasteiger partial charge on any atom is -0.481 e. The van der Waals surface area contributed by atoms with Crippen LogP contribution in [0, 0.1) is 0 Å². The lowest BCUT2D eigenvalue weighted by molar-refractivity contribution is -0.143. The van der Waals surface area contributed by atoms with Gasteiger partial charge in [-0.15, -0.1) is 11.3 Å². The van der Waals surface area contributed by atoms with E-state index in [9.17, 15) is 19.5 Å². The van der Waals surface area contributed by atoms with Crippen LogP contribution in [0.3, 0.4) is 0 Å². The van der Waals surface area contributed by atoms with Crippen molar-refractivity contribution in [3.63, 3.8) is 0 Å². The second-order valence-electron chi connectivity index (χ2n) is 5.76. The highest BCUT2D eigenvalue weighted by Gasteiger charge is 2.35. The number of rotatable bonds is 8. The molecule has 7 heteroatoms. The smallest absolute Gasteiger partial charge is 0.315 e. The van der Waals surface area contributed by atoms with E-state index in [0.29, 0.717) is 10.4 Å². The third-order valence-electron chi connectivity index (χ3n) is 3.90. The first-order valence-corrected chi connectivity index (χ1v) is 8.69. The van der Waals surface area contributed by atoms with Crippen LogP contribution in [-0.4, -0.2) is 36.0 Å². The van der Waals surface area contributed by atoms with Crippen molar-refractivity contribution in [2.75, 3.05) is 13.1 Å². The Kier molecular flexibility index (Phi) is 6.30. The summed E-state index contributed by atoms with van der Waals surface area (Å²) < 4.78 is 0. The number of carbonyl (C=O) groups is 3. The largest absolute Gasteiger partial charge is 0.481 e. The molecule has 0 aliphatic rings. The molecule has 2 rings (SSSR count). The van der Waals surface area contributed by atoms with E-state index in [2.05, 4.69) is 10.6 Å². The monoisotopic (exact) mass is 360 g/mol. The van der Waals surface area contributed by atoms with Crippen molar-refractivity contribution in [2.45, 2.75) is 18.8 Å². The molecular weight excluding hydrogens is 340 g/mol. The van der Waals surface area contributed by atoms with E-state index in [1.165, 1.54) is 11.3 Å². The van der Waals surface area contributed by atoms with Crippen LogP contribution in [0.25, 0.3) is 0 Å². The number of hydrogen-bond donors (Lipinski definition) is 3. The quantitative estimate of drug-likeness (QED) is 0.671. The summed E-state index contributed by atoms with van der Waals surface area (Å²) in [6, 6.07) is 12.3. The van der Waals surface area contributed by atoms with Crippen molar-refractivity contribution in [1.82, 2.24) is 10.6 Å². The zero-order valence-electron chi connectivity index (χ0n) is 13.8. The number of aliphatic carboxylic acids is 1. The van der Waals surface area contributed by atoms with E-state index in [0.717, 1.165) is 0 Å². The Hall–Kier alpha value is -2.67. The maximum Gasteiger partial charge on any atom is 0.315 e. The molecule has 2 amide bonds. The van der Waals surface area contributed by atoms with Gasteiger partial charge in [0.2, 0.25) is 5.91 Å². The molecule has 0 radical (unpaired) electrons. The lowest BCUT2D eigenvalue weighted by Crippen LogP contribution is -2.44. The van der Waals surface area contributed by atoms with Gasteiger partial charge in [0, 0.05) is 19.5 Å². The summed E-state index contributed by atoms with van der Waals surface area (Å²) >= 11 is 1.33. The van der Waals surface area contributed by atoms with Gasteiger partial charge in [-0.05, 0) is 23.9 Å². The number of carboxylic acids is 1. The molecule has 2 aromatic rings. The highest BCUT2D eigenvalue weighted by Crippen LogP contribution is 2.23. The molecular formula is C18H20N2O4S. The molecule has 1 unspecified atom stereocenters. The third-order valence-corrected chi connectivity index (χ3v) is 4.77. The van der Waals surface area contributed by atoms with Gasteiger partial charge >= 0.3 is 5.97 Å². The summed E-state index contributed by atoms with van der Waals surface area (Å²) in [4.78, 5) is 36.0. The highest BCUT2D eigenvalue weighted by molar-refractivity contribution is 7.12. The molecule has 1 aromatic carbocycles. The number of carboxylic acid groups (broad SMARTS) is 1. The van der Waals surface area contributed by atoms with Gasteiger partial charge in [-0.1, -0.05) is 36.4 Å². The fraction of sp³-hybridized carbons (Fsp3) is 0.278. The van der Waals surface area contributed by atoms with Crippen molar-refractivity contribution in [3.05, 3.63) is 58.3 Å². The fourth-order valence-electron chi connectivity index (χ4n) is 2.26. The van der Waals surface area contributed by atoms with Gasteiger partial charge in [0.15, 0.2) is 0 Å². The maximum atomic E-state index is 12.0. The van der Waals surface area contributed by atoms with E-state index in [1.54, 1.807) is 54.8 Å². The number of carbonyl (C=O) groups excluding carboxylic acids is 2. The molecule has 0 bridgehead atoms. The van der Waals surface area contributed by atoms with Crippen molar-refractivity contribution in [3.8, 4) is 0 Å². The summed E-state index contributed by atoms with van der Waals surface area (Å²) in [6.45, 7) is 1.74. The highest BCUT2D eigenvalue weighted by atomic mass is 32.1. The van der Waals surface area contributed by atoms with Gasteiger partial charge in [-0.2, -0.15) is 0 Å². The molecule has 0 fully saturated rings. The van der Waals surface area contributed by atoms with E-state index in [4.69, 9.17) is 0 Å². The molecule has 0 spiro atoms. The first kappa shape index (κ1) is 18.7. The molecule has 1 aromatic heterocycles. The summed E-state index contributed by atoms with van der Waals surface area (Å²) in [5.74, 6) is -1.54. The normalized spacial score (nSPS) is 12.8. The lowest BCUT2D eigenvalue weighted by atomic mass is 9.82. The van der Waals surface area contributed by atoms with Crippen LogP contribution in [0.4, 0.5) is 0 Å². The molecule has 0 saturated carbocycles. The fourth-order valence-corrected chi connectivity index (χ4v) is 2.90. The Morgan fingerprint density at radius 3 is 2.40 bits per heavy atom. The maximum absolute atomic E-state index is 12.0. The lowest BCUT2D eigenvalue weighted by Gasteiger charge is -2.25. The third kappa shape index (κ3) is 4.90. The topological polar surface area (TPSA) is 95.5 Å². The Balaban J connectivity index is 1.83. The molecule has 3 N–H and O–H groups in total. The van der Waals surface area contributed by atoms with Crippen LogP contribution in [0.1, 0.15) is 28.6 Å². The van der Waals surface area contributed by atoms with Crippen molar-refractivity contribution in [2.24, 2.45) is 0 Å². The van der Waals surface area contributed by atoms with Crippen LogP contribution in [0.15, 0.2) is 47.8 Å². The molecule has 1 heterocycles. The zero-order chi connectivity index (χ0) is 18.3. The number of thiophene rings is 1. The SMILES string of the molecule is CC(CNC(=O)CCNC(=O)c1cccs1)(C(=O)O)c1ccccc1. The average molecular weight is 360 g/mol. The minimum absolute atomic E-state index is 0.0238. The van der Waals surface area contributed by atoms with Crippen molar-refractivity contribution in [1.29, 1.82) is 0 Å². The summed E-state index contributed by atoms with van der Waals surface area (Å²) in [7, 11) is 0. The van der Waals surface area contributed by atoms with Gasteiger partial charge in [-0.3, -0.25) is 14.4 Å². The van der Waals surface area contributed by atoms with Gasteiger partial charge in [-0.25, -0.2) is 0 Å². The van der Waals surface area contributed by atoms with Crippen LogP contribution in [0.5, 0.6) is 0 Å². The van der Waals surface area contributed by atoms with Crippen LogP contribution >= 0.6 is 11.3 Å². The molecule has 0 aliphatic heterocycles. The second kappa shape index (κ2) is 8.43. The standard InChI is InChI=1S/C18H20N2O4S/c1-18(17(23)24,13-6-3-2-4-7-13)12-20-15(21)9-10-19-16(22)14-8-5-11-25-14/h2-8,11H,9-10,12H2,1H3,(H,19,22)(H,20,21)(H,23,24). The Morgan fingerprint density at radius 2 is 1.80 bits per heavy atom. The number of amides is 2.